The number of carbonyl (C=O) groups is 2. The third kappa shape index (κ3) is 5.17. The average molecular weight is 580 g/mol. The molecule has 4 aromatic rings. The van der Waals surface area contributed by atoms with E-state index < -0.39 is 46.8 Å². The van der Waals surface area contributed by atoms with Crippen molar-refractivity contribution in [1.29, 1.82) is 0 Å². The second kappa shape index (κ2) is 9.93. The predicted octanol–water partition coefficient (Wildman–Crippen LogP) is 6.85. The summed E-state index contributed by atoms with van der Waals surface area (Å²) in [5.74, 6) is -3.53. The lowest BCUT2D eigenvalue weighted by atomic mass is 9.93. The molecule has 1 aliphatic heterocycles. The quantitative estimate of drug-likeness (QED) is 0.253. The first-order valence-corrected chi connectivity index (χ1v) is 12.3. The monoisotopic (exact) mass is 579 g/mol. The number of alkyl halides is 3. The minimum Gasteiger partial charge on any atom is -0.473 e. The molecule has 3 aromatic carbocycles. The lowest BCUT2D eigenvalue weighted by Gasteiger charge is -2.19. The van der Waals surface area contributed by atoms with Gasteiger partial charge in [-0.3, -0.25) is 9.59 Å². The van der Waals surface area contributed by atoms with Crippen LogP contribution in [-0.2, 0) is 6.18 Å². The maximum absolute atomic E-state index is 14.1. The van der Waals surface area contributed by atoms with Crippen molar-refractivity contribution in [2.75, 3.05) is 12.4 Å². The third-order valence-electron chi connectivity index (χ3n) is 5.95. The Kier molecular flexibility index (Phi) is 6.77. The molecule has 1 aromatic heterocycles. The van der Waals surface area contributed by atoms with E-state index in [1.165, 1.54) is 36.6 Å². The second-order valence-corrected chi connectivity index (χ2v) is 9.67. The van der Waals surface area contributed by atoms with E-state index in [9.17, 15) is 31.5 Å². The van der Waals surface area contributed by atoms with E-state index >= 15 is 0 Å². The van der Waals surface area contributed by atoms with E-state index in [1.54, 1.807) is 5.38 Å². The third-order valence-corrected chi connectivity index (χ3v) is 7.09. The Morgan fingerprint density at radius 2 is 1.87 bits per heavy atom. The summed E-state index contributed by atoms with van der Waals surface area (Å²) < 4.78 is 73.0. The van der Waals surface area contributed by atoms with Crippen LogP contribution in [0.5, 0.6) is 5.19 Å². The van der Waals surface area contributed by atoms with Crippen molar-refractivity contribution in [3.8, 4) is 16.5 Å². The fourth-order valence-electron chi connectivity index (χ4n) is 4.22. The smallest absolute Gasteiger partial charge is 0.416 e. The van der Waals surface area contributed by atoms with E-state index in [2.05, 4.69) is 15.6 Å². The van der Waals surface area contributed by atoms with Crippen LogP contribution in [0.15, 0.2) is 53.9 Å². The highest BCUT2D eigenvalue weighted by Gasteiger charge is 2.36. The molecule has 1 aliphatic rings. The summed E-state index contributed by atoms with van der Waals surface area (Å²) in [6.07, 6.45) is -4.89. The zero-order valence-electron chi connectivity index (χ0n) is 19.6. The predicted molar refractivity (Wildman–Crippen MR) is 134 cm³/mol. The Morgan fingerprint density at radius 1 is 1.10 bits per heavy atom. The van der Waals surface area contributed by atoms with Crippen LogP contribution in [-0.4, -0.2) is 23.9 Å². The van der Waals surface area contributed by atoms with E-state index in [4.69, 9.17) is 16.3 Å². The molecule has 0 radical (unpaired) electrons. The largest absolute Gasteiger partial charge is 0.473 e. The van der Waals surface area contributed by atoms with Gasteiger partial charge in [0.05, 0.1) is 24.4 Å². The van der Waals surface area contributed by atoms with Crippen LogP contribution in [0.4, 0.5) is 27.6 Å². The SMILES string of the molecule is COc1nc(-c2cc(NC(=O)c3cc(F)cc(C(F)(F)F)c3)c3c(c2)C(=O)NC3c2cc(F)ccc2Cl)cs1. The number of carbonyl (C=O) groups excluding carboxylic acids is 2. The maximum atomic E-state index is 14.1. The van der Waals surface area contributed by atoms with Gasteiger partial charge in [-0.2, -0.15) is 13.2 Å². The van der Waals surface area contributed by atoms with Crippen molar-refractivity contribution in [3.05, 3.63) is 98.4 Å². The lowest BCUT2D eigenvalue weighted by molar-refractivity contribution is -0.137. The summed E-state index contributed by atoms with van der Waals surface area (Å²) in [4.78, 5) is 30.4. The Bertz CT molecular complexity index is 1640. The topological polar surface area (TPSA) is 80.3 Å². The summed E-state index contributed by atoms with van der Waals surface area (Å²) >= 11 is 7.46. The molecule has 1 unspecified atom stereocenters. The van der Waals surface area contributed by atoms with Gasteiger partial charge in [-0.25, -0.2) is 13.8 Å². The summed E-state index contributed by atoms with van der Waals surface area (Å²) in [7, 11) is 1.42. The van der Waals surface area contributed by atoms with Crippen molar-refractivity contribution >= 4 is 40.4 Å². The number of fused-ring (bicyclic) bond motifs is 1. The second-order valence-electron chi connectivity index (χ2n) is 8.44. The van der Waals surface area contributed by atoms with Crippen molar-refractivity contribution in [2.24, 2.45) is 0 Å². The maximum Gasteiger partial charge on any atom is 0.416 e. The van der Waals surface area contributed by atoms with Crippen LogP contribution in [0.25, 0.3) is 11.3 Å². The van der Waals surface area contributed by atoms with Crippen LogP contribution >= 0.6 is 22.9 Å². The van der Waals surface area contributed by atoms with Crippen LogP contribution in [0.1, 0.15) is 43.4 Å². The minimum atomic E-state index is -4.89. The first-order valence-electron chi connectivity index (χ1n) is 11.1. The Labute approximate surface area is 226 Å². The van der Waals surface area contributed by atoms with Crippen LogP contribution in [0.3, 0.4) is 0 Å². The first kappa shape index (κ1) is 26.6. The Balaban J connectivity index is 1.65. The lowest BCUT2D eigenvalue weighted by Crippen LogP contribution is -2.21. The van der Waals surface area contributed by atoms with Crippen molar-refractivity contribution in [2.45, 2.75) is 12.2 Å². The fourth-order valence-corrected chi connectivity index (χ4v) is 5.09. The molecule has 5 rings (SSSR count). The zero-order chi connectivity index (χ0) is 28.1. The molecule has 6 nitrogen and oxygen atoms in total. The molecule has 0 aliphatic carbocycles. The van der Waals surface area contributed by atoms with Crippen LogP contribution in [0.2, 0.25) is 5.02 Å². The van der Waals surface area contributed by atoms with E-state index in [0.717, 1.165) is 12.1 Å². The van der Waals surface area contributed by atoms with Crippen molar-refractivity contribution in [3.63, 3.8) is 0 Å². The number of hydrogen-bond acceptors (Lipinski definition) is 5. The minimum absolute atomic E-state index is 0.000893. The highest BCUT2D eigenvalue weighted by atomic mass is 35.5. The van der Waals surface area contributed by atoms with Gasteiger partial charge in [-0.15, -0.1) is 0 Å². The number of methoxy groups -OCH3 is 1. The summed E-state index contributed by atoms with van der Waals surface area (Å²) in [6, 6.07) is 6.95. The normalized spacial score (nSPS) is 14.6. The molecule has 200 valence electrons. The van der Waals surface area contributed by atoms with Gasteiger partial charge in [0.1, 0.15) is 11.6 Å². The number of ether oxygens (including phenoxy) is 1. The van der Waals surface area contributed by atoms with Gasteiger partial charge >= 0.3 is 6.18 Å². The first-order chi connectivity index (χ1) is 18.4. The highest BCUT2D eigenvalue weighted by Crippen LogP contribution is 2.42. The highest BCUT2D eigenvalue weighted by molar-refractivity contribution is 7.11. The number of halogens is 6. The molecule has 2 heterocycles. The summed E-state index contributed by atoms with van der Waals surface area (Å²) in [5, 5.41) is 7.28. The van der Waals surface area contributed by atoms with Crippen molar-refractivity contribution < 1.29 is 36.3 Å². The molecule has 2 amide bonds. The molecule has 0 saturated heterocycles. The van der Waals surface area contributed by atoms with Gasteiger partial charge in [0.2, 0.25) is 0 Å². The van der Waals surface area contributed by atoms with Crippen LogP contribution < -0.4 is 15.4 Å². The molecule has 0 spiro atoms. The number of nitrogens with one attached hydrogen (secondary N) is 2. The van der Waals surface area contributed by atoms with E-state index in [-0.39, 0.29) is 33.5 Å². The summed E-state index contributed by atoms with van der Waals surface area (Å²) in [5.41, 5.74) is -0.708. The molecule has 2 N–H and O–H groups in total. The van der Waals surface area contributed by atoms with Gasteiger partial charge in [0, 0.05) is 43.9 Å². The van der Waals surface area contributed by atoms with Crippen molar-refractivity contribution in [1.82, 2.24) is 10.3 Å². The molecule has 13 heteroatoms. The van der Waals surface area contributed by atoms with E-state index in [0.29, 0.717) is 28.6 Å². The number of hydrogen-bond donors (Lipinski definition) is 2. The fraction of sp³-hybridized carbons (Fsp3) is 0.115. The van der Waals surface area contributed by atoms with Gasteiger partial charge in [0.25, 0.3) is 17.0 Å². The molecule has 1 atom stereocenters. The zero-order valence-corrected chi connectivity index (χ0v) is 21.2. The van der Waals surface area contributed by atoms with Gasteiger partial charge < -0.3 is 15.4 Å². The summed E-state index contributed by atoms with van der Waals surface area (Å²) in [6.45, 7) is 0. The van der Waals surface area contributed by atoms with Gasteiger partial charge in [0.15, 0.2) is 0 Å². The number of rotatable bonds is 5. The number of amides is 2. The average Bonchev–Trinajstić information content (AvgIpc) is 3.49. The molecule has 0 fully saturated rings. The Hall–Kier alpha value is -4.03. The van der Waals surface area contributed by atoms with Gasteiger partial charge in [-0.05, 0) is 48.5 Å². The molecule has 39 heavy (non-hydrogen) atoms. The molecular weight excluding hydrogens is 565 g/mol. The van der Waals surface area contributed by atoms with Gasteiger partial charge in [-0.1, -0.05) is 22.9 Å². The van der Waals surface area contributed by atoms with Crippen LogP contribution in [0, 0.1) is 11.6 Å². The standard InChI is InChI=1S/C26H15ClF5N3O3S/c1-38-25-34-20(10-39-25)11-6-17-21(22(35-24(17)37)16-9-14(28)2-3-18(16)27)19(7-11)33-23(36)12-4-13(26(30,31)32)8-15(29)5-12/h2-10,22H,1H3,(H,33,36)(H,35,37). The number of benzene rings is 3. The Morgan fingerprint density at radius 3 is 2.56 bits per heavy atom. The molecule has 0 saturated carbocycles. The number of nitrogens with zero attached hydrogens (tertiary/aromatic N) is 1. The number of anilines is 1. The number of thiazole rings is 1. The number of aromatic nitrogens is 1. The molecule has 0 bridgehead atoms. The van der Waals surface area contributed by atoms with E-state index in [1.807, 2.05) is 0 Å². The molecular formula is C26H15ClF5N3O3S.